The molecule has 1 aromatic carbocycles. The number of carbonyl (C=O) groups excluding carboxylic acids is 2. The molecule has 2 aliphatic rings. The first-order valence-electron chi connectivity index (χ1n) is 11.2. The molecular formula is C25H25FN2O3S2. The second-order valence-electron chi connectivity index (χ2n) is 8.52. The second-order valence-corrected chi connectivity index (χ2v) is 10.5. The lowest BCUT2D eigenvalue weighted by molar-refractivity contribution is -0.135. The Hall–Kier alpha value is -2.71. The number of ether oxygens (including phenoxy) is 1. The van der Waals surface area contributed by atoms with Crippen LogP contribution in [0.5, 0.6) is 5.75 Å². The summed E-state index contributed by atoms with van der Waals surface area (Å²) in [6.07, 6.45) is 3.02. The summed E-state index contributed by atoms with van der Waals surface area (Å²) in [5, 5.41) is 3.93. The molecule has 1 atom stereocenters. The zero-order valence-corrected chi connectivity index (χ0v) is 19.7. The maximum absolute atomic E-state index is 13.5. The van der Waals surface area contributed by atoms with E-state index in [4.69, 9.17) is 4.74 Å². The lowest BCUT2D eigenvalue weighted by Crippen LogP contribution is -2.48. The molecule has 0 bridgehead atoms. The molecule has 0 unspecified atom stereocenters. The highest BCUT2D eigenvalue weighted by Crippen LogP contribution is 2.35. The van der Waals surface area contributed by atoms with E-state index in [0.29, 0.717) is 29.6 Å². The van der Waals surface area contributed by atoms with Gasteiger partial charge in [0.2, 0.25) is 5.91 Å². The highest BCUT2D eigenvalue weighted by Gasteiger charge is 2.35. The molecule has 172 valence electrons. The van der Waals surface area contributed by atoms with E-state index in [9.17, 15) is 14.0 Å². The number of hydrogen-bond acceptors (Lipinski definition) is 5. The van der Waals surface area contributed by atoms with Gasteiger partial charge < -0.3 is 14.5 Å². The Bertz CT molecular complexity index is 1110. The van der Waals surface area contributed by atoms with E-state index >= 15 is 0 Å². The molecule has 33 heavy (non-hydrogen) atoms. The SMILES string of the molecule is O=C(c1cccs1)N(CC(=O)N1CCc2sccc2[C@@H]1COc1ccc(F)cc1)CC1CC1. The predicted molar refractivity (Wildman–Crippen MR) is 127 cm³/mol. The van der Waals surface area contributed by atoms with Crippen molar-refractivity contribution in [3.8, 4) is 5.75 Å². The Balaban J connectivity index is 1.33. The first-order valence-corrected chi connectivity index (χ1v) is 12.9. The van der Waals surface area contributed by atoms with Crippen LogP contribution in [0.2, 0.25) is 0 Å². The Kier molecular flexibility index (Phi) is 6.46. The fourth-order valence-electron chi connectivity index (χ4n) is 4.22. The molecule has 0 radical (unpaired) electrons. The standard InChI is InChI=1S/C25H25FN2O3S2/c26-18-5-7-19(8-6-18)31-16-21-20-10-13-33-22(20)9-11-28(21)24(29)15-27(14-17-3-4-17)25(30)23-2-1-12-32-23/h1-2,5-8,10,12-13,17,21H,3-4,9,11,14-16H2/t21-/m0/s1. The molecule has 5 rings (SSSR count). The van der Waals surface area contributed by atoms with E-state index in [0.717, 1.165) is 24.8 Å². The van der Waals surface area contributed by atoms with Crippen molar-refractivity contribution in [1.82, 2.24) is 9.80 Å². The first kappa shape index (κ1) is 22.1. The van der Waals surface area contributed by atoms with E-state index in [-0.39, 0.29) is 36.8 Å². The Morgan fingerprint density at radius 1 is 1.09 bits per heavy atom. The van der Waals surface area contributed by atoms with Crippen LogP contribution in [0.3, 0.4) is 0 Å². The minimum absolute atomic E-state index is 0.0647. The summed E-state index contributed by atoms with van der Waals surface area (Å²) in [7, 11) is 0. The van der Waals surface area contributed by atoms with Crippen LogP contribution >= 0.6 is 22.7 Å². The van der Waals surface area contributed by atoms with Crippen LogP contribution in [0, 0.1) is 11.7 Å². The zero-order chi connectivity index (χ0) is 22.8. The number of hydrogen-bond donors (Lipinski definition) is 0. The van der Waals surface area contributed by atoms with Gasteiger partial charge in [-0.15, -0.1) is 22.7 Å². The molecule has 1 aliphatic carbocycles. The summed E-state index contributed by atoms with van der Waals surface area (Å²) in [6, 6.07) is 11.4. The highest BCUT2D eigenvalue weighted by molar-refractivity contribution is 7.12. The van der Waals surface area contributed by atoms with Crippen molar-refractivity contribution in [3.63, 3.8) is 0 Å². The molecule has 1 saturated carbocycles. The maximum atomic E-state index is 13.5. The summed E-state index contributed by atoms with van der Waals surface area (Å²) in [5.74, 6) is 0.601. The van der Waals surface area contributed by atoms with Crippen molar-refractivity contribution < 1.29 is 18.7 Å². The Morgan fingerprint density at radius 3 is 2.64 bits per heavy atom. The van der Waals surface area contributed by atoms with Crippen molar-refractivity contribution in [2.24, 2.45) is 5.92 Å². The largest absolute Gasteiger partial charge is 0.491 e. The van der Waals surface area contributed by atoms with Gasteiger partial charge >= 0.3 is 0 Å². The van der Waals surface area contributed by atoms with Crippen molar-refractivity contribution in [2.75, 3.05) is 26.2 Å². The monoisotopic (exact) mass is 484 g/mol. The van der Waals surface area contributed by atoms with Crippen LogP contribution < -0.4 is 4.74 Å². The molecular weight excluding hydrogens is 459 g/mol. The van der Waals surface area contributed by atoms with Gasteiger partial charge in [0.15, 0.2) is 0 Å². The molecule has 5 nitrogen and oxygen atoms in total. The van der Waals surface area contributed by atoms with Crippen molar-refractivity contribution in [3.05, 3.63) is 74.4 Å². The fourth-order valence-corrected chi connectivity index (χ4v) is 5.84. The zero-order valence-electron chi connectivity index (χ0n) is 18.1. The van der Waals surface area contributed by atoms with E-state index in [1.807, 2.05) is 27.8 Å². The van der Waals surface area contributed by atoms with E-state index in [1.54, 1.807) is 28.4 Å². The quantitative estimate of drug-likeness (QED) is 0.452. The second kappa shape index (κ2) is 9.65. The lowest BCUT2D eigenvalue weighted by Gasteiger charge is -2.37. The molecule has 0 saturated heterocycles. The number of fused-ring (bicyclic) bond motifs is 1. The Labute approximate surface area is 200 Å². The lowest BCUT2D eigenvalue weighted by atomic mass is 10.0. The van der Waals surface area contributed by atoms with Crippen LogP contribution in [0.15, 0.2) is 53.2 Å². The van der Waals surface area contributed by atoms with Crippen LogP contribution in [-0.4, -0.2) is 47.9 Å². The van der Waals surface area contributed by atoms with Crippen LogP contribution in [0.25, 0.3) is 0 Å². The number of nitrogens with zero attached hydrogens (tertiary/aromatic N) is 2. The minimum atomic E-state index is -0.317. The van der Waals surface area contributed by atoms with Crippen LogP contribution in [-0.2, 0) is 11.2 Å². The third-order valence-corrected chi connectivity index (χ3v) is 8.01. The van der Waals surface area contributed by atoms with Gasteiger partial charge in [0.05, 0.1) is 10.9 Å². The average molecular weight is 485 g/mol. The molecule has 3 heterocycles. The summed E-state index contributed by atoms with van der Waals surface area (Å²) in [6.45, 7) is 1.56. The third kappa shape index (κ3) is 5.12. The molecule has 1 fully saturated rings. The number of amides is 2. The van der Waals surface area contributed by atoms with Gasteiger partial charge in [-0.05, 0) is 77.9 Å². The maximum Gasteiger partial charge on any atom is 0.264 e. The number of carbonyl (C=O) groups is 2. The normalized spacial score (nSPS) is 17.5. The predicted octanol–water partition coefficient (Wildman–Crippen LogP) is 5.01. The molecule has 2 amide bonds. The van der Waals surface area contributed by atoms with Gasteiger partial charge in [0.1, 0.15) is 24.7 Å². The molecule has 8 heteroatoms. The molecule has 0 spiro atoms. The third-order valence-electron chi connectivity index (χ3n) is 6.16. The van der Waals surface area contributed by atoms with Gasteiger partial charge in [-0.2, -0.15) is 0 Å². The molecule has 0 N–H and O–H groups in total. The summed E-state index contributed by atoms with van der Waals surface area (Å²) >= 11 is 3.10. The first-order chi connectivity index (χ1) is 16.1. The molecule has 1 aliphatic heterocycles. The number of thiophene rings is 2. The van der Waals surface area contributed by atoms with Gasteiger partial charge in [-0.3, -0.25) is 9.59 Å². The minimum Gasteiger partial charge on any atom is -0.491 e. The fraction of sp³-hybridized carbons (Fsp3) is 0.360. The highest BCUT2D eigenvalue weighted by atomic mass is 32.1. The number of benzene rings is 1. The van der Waals surface area contributed by atoms with Gasteiger partial charge in [-0.25, -0.2) is 4.39 Å². The van der Waals surface area contributed by atoms with Gasteiger partial charge in [0.25, 0.3) is 5.91 Å². The summed E-state index contributed by atoms with van der Waals surface area (Å²) in [4.78, 5) is 32.1. The van der Waals surface area contributed by atoms with Crippen molar-refractivity contribution >= 4 is 34.5 Å². The number of rotatable bonds is 8. The Morgan fingerprint density at radius 2 is 1.91 bits per heavy atom. The van der Waals surface area contributed by atoms with Crippen molar-refractivity contribution in [1.29, 1.82) is 0 Å². The molecule has 2 aromatic heterocycles. The number of halogens is 1. The van der Waals surface area contributed by atoms with Crippen LogP contribution in [0.1, 0.15) is 39.0 Å². The molecule has 3 aromatic rings. The van der Waals surface area contributed by atoms with Crippen molar-refractivity contribution in [2.45, 2.75) is 25.3 Å². The van der Waals surface area contributed by atoms with Crippen LogP contribution in [0.4, 0.5) is 4.39 Å². The average Bonchev–Trinajstić information content (AvgIpc) is 3.27. The van der Waals surface area contributed by atoms with Gasteiger partial charge in [0, 0.05) is 18.0 Å². The van der Waals surface area contributed by atoms with E-state index in [2.05, 4.69) is 6.07 Å². The summed E-state index contributed by atoms with van der Waals surface area (Å²) in [5.41, 5.74) is 1.10. The topological polar surface area (TPSA) is 49.9 Å². The van der Waals surface area contributed by atoms with E-state index < -0.39 is 0 Å². The van der Waals surface area contributed by atoms with E-state index in [1.165, 1.54) is 28.3 Å². The van der Waals surface area contributed by atoms with Gasteiger partial charge in [-0.1, -0.05) is 6.07 Å². The smallest absolute Gasteiger partial charge is 0.264 e. The summed E-state index contributed by atoms with van der Waals surface area (Å²) < 4.78 is 19.2.